The summed E-state index contributed by atoms with van der Waals surface area (Å²) < 4.78 is 52.1. The second-order valence-corrected chi connectivity index (χ2v) is 6.27. The minimum absolute atomic E-state index is 0.171. The quantitative estimate of drug-likeness (QED) is 0.539. The van der Waals surface area contributed by atoms with Crippen LogP contribution in [0.4, 0.5) is 19.0 Å². The molecule has 0 amide bonds. The monoisotopic (exact) mass is 413 g/mol. The van der Waals surface area contributed by atoms with Crippen LogP contribution in [-0.2, 0) is 6.42 Å². The molecule has 6 nitrogen and oxygen atoms in total. The lowest BCUT2D eigenvalue weighted by molar-refractivity contribution is -0.274. The largest absolute Gasteiger partial charge is 0.573 e. The molecule has 0 radical (unpaired) electrons. The number of anilines is 1. The van der Waals surface area contributed by atoms with E-state index in [1.807, 2.05) is 6.92 Å². The van der Waals surface area contributed by atoms with Gasteiger partial charge in [0, 0.05) is 18.2 Å². The van der Waals surface area contributed by atoms with Crippen molar-refractivity contribution < 1.29 is 27.4 Å². The second-order valence-electron chi connectivity index (χ2n) is 6.27. The zero-order valence-corrected chi connectivity index (χ0v) is 17.0. The lowest BCUT2D eigenvalue weighted by Gasteiger charge is -2.17. The van der Waals surface area contributed by atoms with Crippen molar-refractivity contribution in [2.45, 2.75) is 45.9 Å². The van der Waals surface area contributed by atoms with Gasteiger partial charge in [-0.3, -0.25) is 0 Å². The van der Waals surface area contributed by atoms with Crippen LogP contribution >= 0.6 is 0 Å². The van der Waals surface area contributed by atoms with Gasteiger partial charge in [-0.15, -0.1) is 13.2 Å². The Labute approximate surface area is 168 Å². The number of hydrogen-bond donors (Lipinski definition) is 1. The number of halogens is 3. The van der Waals surface area contributed by atoms with E-state index in [1.54, 1.807) is 0 Å². The first kappa shape index (κ1) is 22.6. The molecule has 0 saturated carbocycles. The van der Waals surface area contributed by atoms with Crippen molar-refractivity contribution in [2.75, 3.05) is 26.1 Å². The molecule has 0 saturated heterocycles. The highest BCUT2D eigenvalue weighted by molar-refractivity contribution is 5.73. The van der Waals surface area contributed by atoms with E-state index in [9.17, 15) is 13.2 Å². The first-order valence-electron chi connectivity index (χ1n) is 9.45. The molecule has 0 unspecified atom stereocenters. The second kappa shape index (κ2) is 10.2. The molecule has 0 spiro atoms. The maximum Gasteiger partial charge on any atom is 0.573 e. The predicted octanol–water partition coefficient (Wildman–Crippen LogP) is 5.22. The van der Waals surface area contributed by atoms with Crippen LogP contribution in [0, 0.1) is 0 Å². The normalized spacial score (nSPS) is 11.3. The summed E-state index contributed by atoms with van der Waals surface area (Å²) in [5.41, 5.74) is 1.58. The third kappa shape index (κ3) is 6.13. The van der Waals surface area contributed by atoms with Gasteiger partial charge < -0.3 is 19.5 Å². The van der Waals surface area contributed by atoms with Gasteiger partial charge in [0.05, 0.1) is 19.9 Å². The van der Waals surface area contributed by atoms with Gasteiger partial charge in [0.2, 0.25) is 5.88 Å². The molecule has 2 aromatic rings. The number of unbranched alkanes of at least 4 members (excludes halogenated alkanes) is 2. The van der Waals surface area contributed by atoms with Crippen molar-refractivity contribution in [2.24, 2.45) is 0 Å². The predicted molar refractivity (Wildman–Crippen MR) is 105 cm³/mol. The van der Waals surface area contributed by atoms with Crippen LogP contribution in [0.15, 0.2) is 18.2 Å². The standard InChI is InChI=1S/C20H26F3N3O3/c1-5-7-8-11-24-18-15(6-2)25-17(19(26-18)28-4)14-10-9-13(12-16(14)27-3)29-20(21,22)23/h9-10,12H,5-8,11H2,1-4H3,(H,24,26). The summed E-state index contributed by atoms with van der Waals surface area (Å²) in [5, 5.41) is 3.29. The Morgan fingerprint density at radius 2 is 1.79 bits per heavy atom. The van der Waals surface area contributed by atoms with Gasteiger partial charge in [-0.05, 0) is 25.0 Å². The third-order valence-corrected chi connectivity index (χ3v) is 4.20. The van der Waals surface area contributed by atoms with Crippen molar-refractivity contribution in [3.63, 3.8) is 0 Å². The molecule has 0 aliphatic carbocycles. The van der Waals surface area contributed by atoms with E-state index in [4.69, 9.17) is 9.47 Å². The fourth-order valence-corrected chi connectivity index (χ4v) is 2.81. The molecule has 0 aliphatic heterocycles. The topological polar surface area (TPSA) is 65.5 Å². The lowest BCUT2D eigenvalue weighted by atomic mass is 10.1. The van der Waals surface area contributed by atoms with E-state index in [2.05, 4.69) is 26.9 Å². The maximum absolute atomic E-state index is 12.5. The fraction of sp³-hybridized carbons (Fsp3) is 0.500. The fourth-order valence-electron chi connectivity index (χ4n) is 2.81. The highest BCUT2D eigenvalue weighted by atomic mass is 19.4. The molecular weight excluding hydrogens is 387 g/mol. The molecule has 1 N–H and O–H groups in total. The number of nitrogens with one attached hydrogen (secondary N) is 1. The molecule has 0 aliphatic rings. The highest BCUT2D eigenvalue weighted by Gasteiger charge is 2.31. The van der Waals surface area contributed by atoms with Gasteiger partial charge in [-0.1, -0.05) is 26.7 Å². The minimum Gasteiger partial charge on any atom is -0.496 e. The number of hydrogen-bond acceptors (Lipinski definition) is 6. The minimum atomic E-state index is -4.79. The number of ether oxygens (including phenoxy) is 3. The van der Waals surface area contributed by atoms with Crippen molar-refractivity contribution in [3.05, 3.63) is 23.9 Å². The first-order valence-corrected chi connectivity index (χ1v) is 9.45. The van der Waals surface area contributed by atoms with Crippen molar-refractivity contribution >= 4 is 5.82 Å². The molecule has 9 heteroatoms. The number of rotatable bonds is 10. The molecule has 2 rings (SSSR count). The maximum atomic E-state index is 12.5. The molecule has 0 atom stereocenters. The van der Waals surface area contributed by atoms with E-state index >= 15 is 0 Å². The van der Waals surface area contributed by atoms with Crippen LogP contribution < -0.4 is 19.5 Å². The zero-order chi connectivity index (χ0) is 21.4. The molecular formula is C20H26F3N3O3. The Morgan fingerprint density at radius 1 is 1.03 bits per heavy atom. The SMILES string of the molecule is CCCCCNc1nc(OC)c(-c2ccc(OC(F)(F)F)cc2OC)nc1CC. The summed E-state index contributed by atoms with van der Waals surface area (Å²) in [7, 11) is 2.83. The van der Waals surface area contributed by atoms with Crippen LogP contribution in [-0.4, -0.2) is 37.1 Å². The summed E-state index contributed by atoms with van der Waals surface area (Å²) in [6.45, 7) is 4.85. The molecule has 29 heavy (non-hydrogen) atoms. The Hall–Kier alpha value is -2.71. The molecule has 1 aromatic carbocycles. The van der Waals surface area contributed by atoms with Gasteiger partial charge in [-0.25, -0.2) is 4.98 Å². The Bertz CT molecular complexity index is 814. The van der Waals surface area contributed by atoms with Crippen molar-refractivity contribution in [1.82, 2.24) is 9.97 Å². The average Bonchev–Trinajstić information content (AvgIpc) is 2.69. The lowest BCUT2D eigenvalue weighted by Crippen LogP contribution is -2.17. The number of aryl methyl sites for hydroxylation is 1. The van der Waals surface area contributed by atoms with E-state index < -0.39 is 6.36 Å². The van der Waals surface area contributed by atoms with Crippen molar-refractivity contribution in [1.29, 1.82) is 0 Å². The number of benzene rings is 1. The van der Waals surface area contributed by atoms with Gasteiger partial charge >= 0.3 is 6.36 Å². The highest BCUT2D eigenvalue weighted by Crippen LogP contribution is 2.38. The molecule has 160 valence electrons. The number of nitrogens with zero attached hydrogens (tertiary/aromatic N) is 2. The zero-order valence-electron chi connectivity index (χ0n) is 17.0. The van der Waals surface area contributed by atoms with Crippen LogP contribution in [0.25, 0.3) is 11.3 Å². The average molecular weight is 413 g/mol. The summed E-state index contributed by atoms with van der Waals surface area (Å²) in [4.78, 5) is 9.18. The van der Waals surface area contributed by atoms with E-state index in [1.165, 1.54) is 26.4 Å². The Kier molecular flexibility index (Phi) is 7.92. The van der Waals surface area contributed by atoms with Crippen molar-refractivity contribution in [3.8, 4) is 28.6 Å². The van der Waals surface area contributed by atoms with Gasteiger partial charge in [0.25, 0.3) is 0 Å². The van der Waals surface area contributed by atoms with Crippen LogP contribution in [0.5, 0.6) is 17.4 Å². The molecule has 1 heterocycles. The van der Waals surface area contributed by atoms with E-state index in [0.717, 1.165) is 37.6 Å². The first-order chi connectivity index (χ1) is 13.8. The van der Waals surface area contributed by atoms with Gasteiger partial charge in [0.15, 0.2) is 5.82 Å². The van der Waals surface area contributed by atoms with Gasteiger partial charge in [0.1, 0.15) is 17.2 Å². The Morgan fingerprint density at radius 3 is 2.38 bits per heavy atom. The van der Waals surface area contributed by atoms with E-state index in [-0.39, 0.29) is 17.4 Å². The summed E-state index contributed by atoms with van der Waals surface area (Å²) in [5.74, 6) is 0.684. The Balaban J connectivity index is 2.42. The number of aromatic nitrogens is 2. The van der Waals surface area contributed by atoms with Crippen LogP contribution in [0.3, 0.4) is 0 Å². The van der Waals surface area contributed by atoms with Gasteiger partial charge in [-0.2, -0.15) is 4.98 Å². The summed E-state index contributed by atoms with van der Waals surface area (Å²) in [6, 6.07) is 3.81. The van der Waals surface area contributed by atoms with E-state index in [0.29, 0.717) is 23.5 Å². The molecule has 0 bridgehead atoms. The summed E-state index contributed by atoms with van der Waals surface area (Å²) in [6.07, 6.45) is -0.924. The molecule has 1 aromatic heterocycles. The van der Waals surface area contributed by atoms with Crippen LogP contribution in [0.2, 0.25) is 0 Å². The summed E-state index contributed by atoms with van der Waals surface area (Å²) >= 11 is 0. The smallest absolute Gasteiger partial charge is 0.496 e. The van der Waals surface area contributed by atoms with Crippen LogP contribution in [0.1, 0.15) is 38.8 Å². The number of alkyl halides is 3. The third-order valence-electron chi connectivity index (χ3n) is 4.20. The molecule has 0 fully saturated rings. The number of methoxy groups -OCH3 is 2.